The third-order valence-corrected chi connectivity index (χ3v) is 7.71. The molecule has 1 atom stereocenters. The molecule has 0 N–H and O–H groups in total. The third kappa shape index (κ3) is 4.96. The van der Waals surface area contributed by atoms with E-state index in [0.29, 0.717) is 28.7 Å². The summed E-state index contributed by atoms with van der Waals surface area (Å²) in [6.45, 7) is 5.02. The first-order valence-corrected chi connectivity index (χ1v) is 12.7. The number of amides is 2. The molecule has 3 aromatic rings. The molecule has 1 unspecified atom stereocenters. The first kappa shape index (κ1) is 23.8. The van der Waals surface area contributed by atoms with Crippen LogP contribution in [0, 0.1) is 0 Å². The van der Waals surface area contributed by atoms with Crippen molar-refractivity contribution < 1.29 is 9.59 Å². The van der Waals surface area contributed by atoms with Gasteiger partial charge in [0.15, 0.2) is 0 Å². The summed E-state index contributed by atoms with van der Waals surface area (Å²) < 4.78 is 0. The Morgan fingerprint density at radius 2 is 1.82 bits per heavy atom. The quantitative estimate of drug-likeness (QED) is 0.401. The largest absolute Gasteiger partial charge is 0.330 e. The van der Waals surface area contributed by atoms with Crippen LogP contribution in [0.4, 0.5) is 0 Å². The molecule has 0 bridgehead atoms. The second-order valence-electron chi connectivity index (χ2n) is 8.07. The van der Waals surface area contributed by atoms with Gasteiger partial charge in [0.1, 0.15) is 6.54 Å². The molecule has 0 saturated heterocycles. The van der Waals surface area contributed by atoms with Gasteiger partial charge in [-0.1, -0.05) is 48.3 Å². The van der Waals surface area contributed by atoms with E-state index in [1.807, 2.05) is 42.2 Å². The summed E-state index contributed by atoms with van der Waals surface area (Å²) in [5, 5.41) is 3.14. The Bertz CT molecular complexity index is 1160. The lowest BCUT2D eigenvalue weighted by Crippen LogP contribution is -2.46. The lowest BCUT2D eigenvalue weighted by atomic mass is 9.93. The maximum atomic E-state index is 13.6. The van der Waals surface area contributed by atoms with E-state index in [1.54, 1.807) is 28.4 Å². The van der Waals surface area contributed by atoms with Crippen molar-refractivity contribution in [2.24, 2.45) is 0 Å². The molecule has 172 valence electrons. The highest BCUT2D eigenvalue weighted by Gasteiger charge is 2.35. The third-order valence-electron chi connectivity index (χ3n) is 6.15. The molecule has 1 aliphatic heterocycles. The number of fused-ring (bicyclic) bond motifs is 1. The topological polar surface area (TPSA) is 40.6 Å². The summed E-state index contributed by atoms with van der Waals surface area (Å²) >= 11 is 14.4. The molecule has 33 heavy (non-hydrogen) atoms. The number of thiophene rings is 1. The molecular weight excluding hydrogens is 475 g/mol. The van der Waals surface area contributed by atoms with Crippen molar-refractivity contribution >= 4 is 46.4 Å². The smallest absolute Gasteiger partial charge is 0.254 e. The first-order valence-electron chi connectivity index (χ1n) is 11.1. The fourth-order valence-electron chi connectivity index (χ4n) is 4.29. The van der Waals surface area contributed by atoms with Gasteiger partial charge in [-0.3, -0.25) is 9.59 Å². The fourth-order valence-corrected chi connectivity index (χ4v) is 5.71. The van der Waals surface area contributed by atoms with Gasteiger partial charge in [0.05, 0.1) is 6.04 Å². The minimum absolute atomic E-state index is 0.0199. The van der Waals surface area contributed by atoms with E-state index in [4.69, 9.17) is 23.2 Å². The average molecular weight is 501 g/mol. The van der Waals surface area contributed by atoms with E-state index in [9.17, 15) is 9.59 Å². The van der Waals surface area contributed by atoms with E-state index >= 15 is 0 Å². The zero-order chi connectivity index (χ0) is 23.5. The zero-order valence-electron chi connectivity index (χ0n) is 18.7. The highest BCUT2D eigenvalue weighted by atomic mass is 35.5. The van der Waals surface area contributed by atoms with Crippen LogP contribution in [0.5, 0.6) is 0 Å². The van der Waals surface area contributed by atoms with Crippen LogP contribution in [0.25, 0.3) is 0 Å². The van der Waals surface area contributed by atoms with Crippen LogP contribution >= 0.6 is 34.5 Å². The summed E-state index contributed by atoms with van der Waals surface area (Å²) in [6, 6.07) is 14.8. The molecule has 0 spiro atoms. The molecule has 0 fully saturated rings. The highest BCUT2D eigenvalue weighted by molar-refractivity contribution is 7.10. The maximum absolute atomic E-state index is 13.6. The molecule has 0 aliphatic carbocycles. The Hall–Kier alpha value is -2.34. The molecule has 4 rings (SSSR count). The number of likely N-dealkylation sites (N-methyl/N-ethyl adjacent to an activating group) is 1. The summed E-state index contributed by atoms with van der Waals surface area (Å²) in [5.74, 6) is -0.231. The second-order valence-corrected chi connectivity index (χ2v) is 9.92. The number of nitrogens with zero attached hydrogens (tertiary/aromatic N) is 2. The molecular formula is C26H26Cl2N2O2S. The maximum Gasteiger partial charge on any atom is 0.254 e. The Balaban J connectivity index is 1.60. The van der Waals surface area contributed by atoms with Gasteiger partial charge in [-0.05, 0) is 72.2 Å². The van der Waals surface area contributed by atoms with E-state index in [1.165, 1.54) is 10.4 Å². The number of benzene rings is 2. The molecule has 2 aromatic carbocycles. The minimum Gasteiger partial charge on any atom is -0.330 e. The van der Waals surface area contributed by atoms with Crippen molar-refractivity contribution in [3.8, 4) is 0 Å². The number of hydrogen-bond donors (Lipinski definition) is 0. The van der Waals surface area contributed by atoms with Gasteiger partial charge in [-0.25, -0.2) is 0 Å². The van der Waals surface area contributed by atoms with E-state index in [0.717, 1.165) is 24.0 Å². The summed E-state index contributed by atoms with van der Waals surface area (Å²) in [6.07, 6.45) is 1.71. The number of halogens is 2. The lowest BCUT2D eigenvalue weighted by molar-refractivity contribution is -0.134. The highest BCUT2D eigenvalue weighted by Crippen LogP contribution is 2.41. The Kier molecular flexibility index (Phi) is 7.42. The number of carbonyl (C=O) groups excluding carboxylic acids is 2. The van der Waals surface area contributed by atoms with Crippen LogP contribution in [-0.4, -0.2) is 41.2 Å². The van der Waals surface area contributed by atoms with Crippen molar-refractivity contribution in [2.75, 3.05) is 19.6 Å². The standard InChI is InChI=1S/C26H26Cl2N2O2S/c1-3-17-5-7-18(8-6-17)26(32)29(4-2)16-24(31)30-13-11-23-21(12-14-33-23)25(30)20-10-9-19(27)15-22(20)28/h5-10,12,14-15,25H,3-4,11,13,16H2,1-2H3. The van der Waals surface area contributed by atoms with Gasteiger partial charge in [-0.15, -0.1) is 11.3 Å². The van der Waals surface area contributed by atoms with Gasteiger partial charge in [0, 0.05) is 33.6 Å². The lowest BCUT2D eigenvalue weighted by Gasteiger charge is -2.38. The zero-order valence-corrected chi connectivity index (χ0v) is 21.0. The number of carbonyl (C=O) groups is 2. The van der Waals surface area contributed by atoms with E-state index in [2.05, 4.69) is 18.4 Å². The van der Waals surface area contributed by atoms with Gasteiger partial charge < -0.3 is 9.80 Å². The number of aryl methyl sites for hydroxylation is 1. The minimum atomic E-state index is -0.296. The molecule has 2 amide bonds. The Morgan fingerprint density at radius 3 is 2.48 bits per heavy atom. The predicted molar refractivity (Wildman–Crippen MR) is 135 cm³/mol. The van der Waals surface area contributed by atoms with Crippen molar-refractivity contribution in [1.29, 1.82) is 0 Å². The van der Waals surface area contributed by atoms with E-state index < -0.39 is 0 Å². The molecule has 0 saturated carbocycles. The summed E-state index contributed by atoms with van der Waals surface area (Å²) in [4.78, 5) is 31.4. The van der Waals surface area contributed by atoms with Crippen LogP contribution in [-0.2, 0) is 17.6 Å². The van der Waals surface area contributed by atoms with Gasteiger partial charge in [0.2, 0.25) is 5.91 Å². The first-order chi connectivity index (χ1) is 15.9. The molecule has 1 aliphatic rings. The molecule has 2 heterocycles. The van der Waals surface area contributed by atoms with Crippen LogP contribution in [0.15, 0.2) is 53.9 Å². The molecule has 7 heteroatoms. The second kappa shape index (κ2) is 10.3. The number of rotatable bonds is 6. The Morgan fingerprint density at radius 1 is 1.06 bits per heavy atom. The average Bonchev–Trinajstić information content (AvgIpc) is 3.31. The predicted octanol–water partition coefficient (Wildman–Crippen LogP) is 6.25. The van der Waals surface area contributed by atoms with E-state index in [-0.39, 0.29) is 24.4 Å². The number of hydrogen-bond acceptors (Lipinski definition) is 3. The van der Waals surface area contributed by atoms with Gasteiger partial charge in [-0.2, -0.15) is 0 Å². The van der Waals surface area contributed by atoms with Crippen LogP contribution in [0.1, 0.15) is 51.8 Å². The van der Waals surface area contributed by atoms with Crippen molar-refractivity contribution in [1.82, 2.24) is 9.80 Å². The van der Waals surface area contributed by atoms with Crippen molar-refractivity contribution in [3.05, 3.63) is 91.1 Å². The monoisotopic (exact) mass is 500 g/mol. The molecule has 4 nitrogen and oxygen atoms in total. The SMILES string of the molecule is CCc1ccc(C(=O)N(CC)CC(=O)N2CCc3sccc3C2c2ccc(Cl)cc2Cl)cc1. The van der Waals surface area contributed by atoms with Crippen LogP contribution in [0.3, 0.4) is 0 Å². The van der Waals surface area contributed by atoms with Crippen molar-refractivity contribution in [2.45, 2.75) is 32.7 Å². The summed E-state index contributed by atoms with van der Waals surface area (Å²) in [7, 11) is 0. The Labute approximate surface area is 208 Å². The van der Waals surface area contributed by atoms with Gasteiger partial charge >= 0.3 is 0 Å². The fraction of sp³-hybridized carbons (Fsp3) is 0.308. The van der Waals surface area contributed by atoms with Crippen LogP contribution in [0.2, 0.25) is 10.0 Å². The molecule has 0 radical (unpaired) electrons. The summed E-state index contributed by atoms with van der Waals surface area (Å²) in [5.41, 5.74) is 3.71. The van der Waals surface area contributed by atoms with Crippen molar-refractivity contribution in [3.63, 3.8) is 0 Å². The van der Waals surface area contributed by atoms with Gasteiger partial charge in [0.25, 0.3) is 5.91 Å². The normalized spacial score (nSPS) is 15.3. The molecule has 1 aromatic heterocycles. The van der Waals surface area contributed by atoms with Crippen LogP contribution < -0.4 is 0 Å².